The Hall–Kier alpha value is -3.89. The largest absolute Gasteiger partial charge is 0.455 e. The van der Waals surface area contributed by atoms with Gasteiger partial charge in [0, 0.05) is 6.54 Å². The van der Waals surface area contributed by atoms with Crippen molar-refractivity contribution in [3.05, 3.63) is 126 Å². The van der Waals surface area contributed by atoms with Gasteiger partial charge in [-0.05, 0) is 61.2 Å². The number of benzene rings is 4. The van der Waals surface area contributed by atoms with Gasteiger partial charge >= 0.3 is 0 Å². The quantitative estimate of drug-likeness (QED) is 0.303. The van der Waals surface area contributed by atoms with Gasteiger partial charge in [-0.15, -0.1) is 0 Å². The molecule has 0 unspecified atom stereocenters. The highest BCUT2D eigenvalue weighted by Crippen LogP contribution is 2.29. The third kappa shape index (κ3) is 6.12. The van der Waals surface area contributed by atoms with Crippen LogP contribution in [0.15, 0.2) is 109 Å². The number of nitrogens with one attached hydrogen (secondary N) is 2. The van der Waals surface area contributed by atoms with Crippen LogP contribution in [0.25, 0.3) is 0 Å². The molecule has 4 rings (SSSR count). The van der Waals surface area contributed by atoms with Gasteiger partial charge in [0.25, 0.3) is 0 Å². The standard InChI is InChI=1S/C30H30N2O2/c1-30(2,31-22-25-16-10-9-15-24(25)21-23-13-5-3-6-14-23)29(33)32-27-19-11-12-20-28(27)34-26-17-7-4-8-18-26/h3-20,31H,21-22H2,1-2H3,(H,32,33). The smallest absolute Gasteiger partial charge is 0.244 e. The van der Waals surface area contributed by atoms with Crippen LogP contribution in [0.2, 0.25) is 0 Å². The molecule has 0 aromatic heterocycles. The lowest BCUT2D eigenvalue weighted by Crippen LogP contribution is -2.49. The Labute approximate surface area is 201 Å². The summed E-state index contributed by atoms with van der Waals surface area (Å²) in [5.74, 6) is 1.19. The van der Waals surface area contributed by atoms with Crippen molar-refractivity contribution in [2.24, 2.45) is 0 Å². The molecule has 34 heavy (non-hydrogen) atoms. The second kappa shape index (κ2) is 10.8. The zero-order chi connectivity index (χ0) is 23.8. The topological polar surface area (TPSA) is 50.4 Å². The van der Waals surface area contributed by atoms with E-state index in [9.17, 15) is 4.79 Å². The van der Waals surface area contributed by atoms with E-state index in [1.165, 1.54) is 16.7 Å². The molecule has 0 fully saturated rings. The van der Waals surface area contributed by atoms with Crippen LogP contribution in [0.3, 0.4) is 0 Å². The average Bonchev–Trinajstić information content (AvgIpc) is 2.86. The van der Waals surface area contributed by atoms with E-state index in [0.717, 1.165) is 12.2 Å². The number of ether oxygens (including phenoxy) is 1. The van der Waals surface area contributed by atoms with Gasteiger partial charge in [0.15, 0.2) is 5.75 Å². The van der Waals surface area contributed by atoms with E-state index in [2.05, 4.69) is 53.1 Å². The second-order valence-electron chi connectivity index (χ2n) is 8.78. The number of hydrogen-bond donors (Lipinski definition) is 2. The molecule has 0 atom stereocenters. The van der Waals surface area contributed by atoms with Crippen molar-refractivity contribution < 1.29 is 9.53 Å². The lowest BCUT2D eigenvalue weighted by molar-refractivity contribution is -0.121. The Morgan fingerprint density at radius 1 is 0.735 bits per heavy atom. The van der Waals surface area contributed by atoms with Crippen molar-refractivity contribution in [2.75, 3.05) is 5.32 Å². The Morgan fingerprint density at radius 2 is 1.32 bits per heavy atom. The highest BCUT2D eigenvalue weighted by Gasteiger charge is 2.28. The minimum absolute atomic E-state index is 0.128. The number of carbonyl (C=O) groups is 1. The molecule has 4 heteroatoms. The van der Waals surface area contributed by atoms with Crippen LogP contribution in [0.1, 0.15) is 30.5 Å². The van der Waals surface area contributed by atoms with Crippen LogP contribution in [-0.2, 0) is 17.8 Å². The molecule has 0 heterocycles. The summed E-state index contributed by atoms with van der Waals surface area (Å²) in [5.41, 5.74) is 3.54. The first-order valence-corrected chi connectivity index (χ1v) is 11.5. The van der Waals surface area contributed by atoms with Crippen molar-refractivity contribution in [3.8, 4) is 11.5 Å². The summed E-state index contributed by atoms with van der Waals surface area (Å²) in [6.07, 6.45) is 0.857. The van der Waals surface area contributed by atoms with Gasteiger partial charge in [0.05, 0.1) is 11.2 Å². The molecule has 0 bridgehead atoms. The molecule has 2 N–H and O–H groups in total. The predicted octanol–water partition coefficient (Wildman–Crippen LogP) is 6.58. The first-order valence-electron chi connectivity index (χ1n) is 11.5. The predicted molar refractivity (Wildman–Crippen MR) is 138 cm³/mol. The first kappa shape index (κ1) is 23.3. The molecule has 0 saturated carbocycles. The van der Waals surface area contributed by atoms with E-state index in [1.807, 2.05) is 80.6 Å². The maximum absolute atomic E-state index is 13.2. The van der Waals surface area contributed by atoms with Gasteiger partial charge in [-0.1, -0.05) is 84.9 Å². The summed E-state index contributed by atoms with van der Waals surface area (Å²) in [7, 11) is 0. The molecular formula is C30H30N2O2. The van der Waals surface area contributed by atoms with Gasteiger partial charge in [-0.2, -0.15) is 0 Å². The molecule has 0 aliphatic rings. The molecular weight excluding hydrogens is 420 g/mol. The molecule has 4 nitrogen and oxygen atoms in total. The summed E-state index contributed by atoms with van der Waals surface area (Å²) >= 11 is 0. The number of amides is 1. The third-order valence-corrected chi connectivity index (χ3v) is 5.75. The molecule has 0 aliphatic carbocycles. The Kier molecular flexibility index (Phi) is 7.41. The van der Waals surface area contributed by atoms with Crippen LogP contribution in [0, 0.1) is 0 Å². The number of para-hydroxylation sites is 3. The monoisotopic (exact) mass is 450 g/mol. The van der Waals surface area contributed by atoms with Crippen molar-refractivity contribution in [1.29, 1.82) is 0 Å². The van der Waals surface area contributed by atoms with E-state index >= 15 is 0 Å². The zero-order valence-electron chi connectivity index (χ0n) is 19.6. The molecule has 1 amide bonds. The normalized spacial score (nSPS) is 11.1. The van der Waals surface area contributed by atoms with Gasteiger partial charge in [-0.3, -0.25) is 10.1 Å². The molecule has 172 valence electrons. The van der Waals surface area contributed by atoms with E-state index in [-0.39, 0.29) is 5.91 Å². The summed E-state index contributed by atoms with van der Waals surface area (Å²) in [5, 5.41) is 6.47. The summed E-state index contributed by atoms with van der Waals surface area (Å²) in [6, 6.07) is 35.8. The van der Waals surface area contributed by atoms with E-state index in [0.29, 0.717) is 18.0 Å². The first-order chi connectivity index (χ1) is 16.5. The fraction of sp³-hybridized carbons (Fsp3) is 0.167. The minimum atomic E-state index is -0.792. The van der Waals surface area contributed by atoms with Crippen LogP contribution < -0.4 is 15.4 Å². The van der Waals surface area contributed by atoms with Gasteiger partial charge in [0.1, 0.15) is 5.75 Å². The lowest BCUT2D eigenvalue weighted by atomic mass is 9.98. The van der Waals surface area contributed by atoms with Crippen LogP contribution in [0.5, 0.6) is 11.5 Å². The number of anilines is 1. The van der Waals surface area contributed by atoms with Gasteiger partial charge in [0.2, 0.25) is 5.91 Å². The van der Waals surface area contributed by atoms with Crippen LogP contribution in [0.4, 0.5) is 5.69 Å². The fourth-order valence-electron chi connectivity index (χ4n) is 3.67. The zero-order valence-corrected chi connectivity index (χ0v) is 19.6. The second-order valence-corrected chi connectivity index (χ2v) is 8.78. The van der Waals surface area contributed by atoms with Crippen LogP contribution in [-0.4, -0.2) is 11.4 Å². The van der Waals surface area contributed by atoms with Crippen LogP contribution >= 0.6 is 0 Å². The van der Waals surface area contributed by atoms with Crippen molar-refractivity contribution >= 4 is 11.6 Å². The fourth-order valence-corrected chi connectivity index (χ4v) is 3.67. The maximum atomic E-state index is 13.2. The van der Waals surface area contributed by atoms with E-state index < -0.39 is 5.54 Å². The number of carbonyl (C=O) groups excluding carboxylic acids is 1. The SMILES string of the molecule is CC(C)(NCc1ccccc1Cc1ccccc1)C(=O)Nc1ccccc1Oc1ccccc1. The molecule has 0 radical (unpaired) electrons. The molecule has 4 aromatic rings. The Balaban J connectivity index is 1.43. The summed E-state index contributed by atoms with van der Waals surface area (Å²) in [6.45, 7) is 4.37. The third-order valence-electron chi connectivity index (χ3n) is 5.75. The van der Waals surface area contributed by atoms with Gasteiger partial charge in [-0.25, -0.2) is 0 Å². The highest BCUT2D eigenvalue weighted by molar-refractivity contribution is 5.98. The van der Waals surface area contributed by atoms with E-state index in [4.69, 9.17) is 4.74 Å². The van der Waals surface area contributed by atoms with Gasteiger partial charge < -0.3 is 10.1 Å². The Bertz CT molecular complexity index is 1220. The number of rotatable bonds is 9. The Morgan fingerprint density at radius 3 is 2.06 bits per heavy atom. The molecule has 0 aliphatic heterocycles. The van der Waals surface area contributed by atoms with Crippen molar-refractivity contribution in [1.82, 2.24) is 5.32 Å². The maximum Gasteiger partial charge on any atom is 0.244 e. The number of hydrogen-bond acceptors (Lipinski definition) is 3. The molecule has 4 aromatic carbocycles. The van der Waals surface area contributed by atoms with E-state index in [1.54, 1.807) is 0 Å². The molecule has 0 saturated heterocycles. The molecule has 0 spiro atoms. The highest BCUT2D eigenvalue weighted by atomic mass is 16.5. The van der Waals surface area contributed by atoms with Crippen molar-refractivity contribution in [3.63, 3.8) is 0 Å². The minimum Gasteiger partial charge on any atom is -0.455 e. The van der Waals surface area contributed by atoms with Crippen molar-refractivity contribution in [2.45, 2.75) is 32.4 Å². The lowest BCUT2D eigenvalue weighted by Gasteiger charge is -2.26. The average molecular weight is 451 g/mol. The summed E-state index contributed by atoms with van der Waals surface area (Å²) < 4.78 is 5.99. The summed E-state index contributed by atoms with van der Waals surface area (Å²) in [4.78, 5) is 13.2.